The average molecular weight is 436 g/mol. The fourth-order valence-corrected chi connectivity index (χ4v) is 3.11. The van der Waals surface area contributed by atoms with Crippen LogP contribution in [0.15, 0.2) is 39.9 Å². The predicted molar refractivity (Wildman–Crippen MR) is 115 cm³/mol. The average Bonchev–Trinajstić information content (AvgIpc) is 3.08. The van der Waals surface area contributed by atoms with Crippen molar-refractivity contribution >= 4 is 46.4 Å². The van der Waals surface area contributed by atoms with E-state index < -0.39 is 22.7 Å². The van der Waals surface area contributed by atoms with Gasteiger partial charge in [-0.15, -0.1) is 0 Å². The monoisotopic (exact) mass is 436 g/mol. The van der Waals surface area contributed by atoms with E-state index in [2.05, 4.69) is 20.6 Å². The van der Waals surface area contributed by atoms with Crippen molar-refractivity contribution in [3.63, 3.8) is 0 Å². The number of carboxylic acid groups (broad SMARTS) is 1. The summed E-state index contributed by atoms with van der Waals surface area (Å²) in [7, 11) is 0. The molecule has 0 saturated carbocycles. The van der Waals surface area contributed by atoms with Gasteiger partial charge in [-0.25, -0.2) is 9.78 Å². The number of hydrogen-bond donors (Lipinski definition) is 6. The number of aromatic nitrogens is 3. The number of amides is 1. The first kappa shape index (κ1) is 20.3. The molecule has 13 nitrogen and oxygen atoms in total. The lowest BCUT2D eigenvalue weighted by atomic mass is 10.1. The van der Waals surface area contributed by atoms with Gasteiger partial charge in [0.1, 0.15) is 22.8 Å². The molecule has 0 radical (unpaired) electrons. The number of carboxylic acids is 1. The normalized spacial score (nSPS) is 11.0. The van der Waals surface area contributed by atoms with Gasteiger partial charge in [-0.2, -0.15) is 4.98 Å². The van der Waals surface area contributed by atoms with Crippen LogP contribution in [0.3, 0.4) is 0 Å². The van der Waals surface area contributed by atoms with Crippen molar-refractivity contribution < 1.29 is 14.7 Å². The highest BCUT2D eigenvalue weighted by molar-refractivity contribution is 5.97. The number of benzene rings is 1. The molecule has 162 valence electrons. The van der Waals surface area contributed by atoms with Crippen molar-refractivity contribution in [3.05, 3.63) is 67.7 Å². The Labute approximate surface area is 178 Å². The molecule has 0 spiro atoms. The second-order valence-corrected chi connectivity index (χ2v) is 6.80. The Hall–Kier alpha value is -4.94. The molecule has 0 aliphatic heterocycles. The Balaban J connectivity index is 1.54. The smallest absolute Gasteiger partial charge is 0.353 e. The molecular formula is C19H16N8O5. The number of aromatic carboxylic acids is 1. The number of imidazole rings is 1. The third-order valence-electron chi connectivity index (χ3n) is 4.69. The standard InChI is InChI=1S/C19H16N8O5/c20-11-12(14(29)13(11)28)24-8-3-1-2-7(4-8)6-23-17(30)9-5-10(18(31)32)27-16(25-9)15(21)26-19(27)22/h1-5,24H,6,20-21H2,(H2,22,26)(H,23,30)(H,31,32). The van der Waals surface area contributed by atoms with E-state index >= 15 is 0 Å². The fraction of sp³-hybridized carbons (Fsp3) is 0.0526. The summed E-state index contributed by atoms with van der Waals surface area (Å²) in [5.41, 5.74) is 15.9. The van der Waals surface area contributed by atoms with Crippen LogP contribution in [0.1, 0.15) is 26.5 Å². The summed E-state index contributed by atoms with van der Waals surface area (Å²) in [6.45, 7) is 0.0574. The molecule has 2 heterocycles. The first-order chi connectivity index (χ1) is 15.2. The van der Waals surface area contributed by atoms with Gasteiger partial charge >= 0.3 is 5.97 Å². The Morgan fingerprint density at radius 1 is 1.06 bits per heavy atom. The van der Waals surface area contributed by atoms with E-state index in [4.69, 9.17) is 17.2 Å². The number of carbonyl (C=O) groups is 2. The van der Waals surface area contributed by atoms with Crippen LogP contribution in [0, 0.1) is 0 Å². The van der Waals surface area contributed by atoms with Crippen LogP contribution in [0.25, 0.3) is 5.65 Å². The van der Waals surface area contributed by atoms with Gasteiger partial charge in [-0.1, -0.05) is 12.1 Å². The van der Waals surface area contributed by atoms with Gasteiger partial charge in [-0.3, -0.25) is 18.8 Å². The van der Waals surface area contributed by atoms with Crippen LogP contribution in [0.2, 0.25) is 0 Å². The number of anilines is 5. The number of rotatable bonds is 6. The maximum atomic E-state index is 12.6. The zero-order valence-corrected chi connectivity index (χ0v) is 16.2. The SMILES string of the molecule is Nc1c(Nc2cccc(CNC(=O)c3cc(C(=O)O)n4c(N)nc(N)c4n3)c2)c(=O)c1=O. The number of fused-ring (bicyclic) bond motifs is 1. The van der Waals surface area contributed by atoms with Gasteiger partial charge in [0, 0.05) is 18.3 Å². The molecule has 4 rings (SSSR count). The highest BCUT2D eigenvalue weighted by Crippen LogP contribution is 2.20. The minimum Gasteiger partial charge on any atom is -0.477 e. The van der Waals surface area contributed by atoms with E-state index in [0.29, 0.717) is 11.3 Å². The molecule has 9 N–H and O–H groups in total. The Morgan fingerprint density at radius 2 is 1.81 bits per heavy atom. The van der Waals surface area contributed by atoms with Crippen LogP contribution in [0.5, 0.6) is 0 Å². The predicted octanol–water partition coefficient (Wildman–Crippen LogP) is -0.556. The maximum absolute atomic E-state index is 12.6. The minimum atomic E-state index is -1.34. The van der Waals surface area contributed by atoms with Gasteiger partial charge in [0.25, 0.3) is 16.8 Å². The van der Waals surface area contributed by atoms with Gasteiger partial charge in [-0.05, 0) is 17.7 Å². The van der Waals surface area contributed by atoms with Crippen LogP contribution in [0.4, 0.5) is 28.8 Å². The van der Waals surface area contributed by atoms with Gasteiger partial charge in [0.05, 0.1) is 0 Å². The van der Waals surface area contributed by atoms with E-state index in [0.717, 1.165) is 10.5 Å². The van der Waals surface area contributed by atoms with Crippen molar-refractivity contribution in [1.82, 2.24) is 19.7 Å². The summed E-state index contributed by atoms with van der Waals surface area (Å²) in [5.74, 6) is -2.27. The molecule has 2 aromatic heterocycles. The molecule has 0 aliphatic rings. The number of nitrogens with zero attached hydrogens (tertiary/aromatic N) is 3. The van der Waals surface area contributed by atoms with Gasteiger partial charge in [0.2, 0.25) is 5.95 Å². The summed E-state index contributed by atoms with van der Waals surface area (Å²) in [6, 6.07) is 7.75. The lowest BCUT2D eigenvalue weighted by Crippen LogP contribution is -2.36. The fourth-order valence-electron chi connectivity index (χ4n) is 3.11. The molecule has 2 aromatic carbocycles. The summed E-state index contributed by atoms with van der Waals surface area (Å²) < 4.78 is 1.04. The summed E-state index contributed by atoms with van der Waals surface area (Å²) in [4.78, 5) is 54.8. The molecule has 0 saturated heterocycles. The van der Waals surface area contributed by atoms with E-state index in [1.54, 1.807) is 24.3 Å². The van der Waals surface area contributed by atoms with Crippen LogP contribution >= 0.6 is 0 Å². The highest BCUT2D eigenvalue weighted by atomic mass is 16.4. The lowest BCUT2D eigenvalue weighted by Gasteiger charge is -2.12. The molecule has 0 bridgehead atoms. The van der Waals surface area contributed by atoms with Crippen molar-refractivity contribution in [2.75, 3.05) is 22.5 Å². The van der Waals surface area contributed by atoms with Crippen LogP contribution in [-0.2, 0) is 6.54 Å². The molecule has 13 heteroatoms. The summed E-state index contributed by atoms with van der Waals surface area (Å²) in [5, 5.41) is 14.8. The molecule has 0 fully saturated rings. The molecule has 0 unspecified atom stereocenters. The number of hydrogen-bond acceptors (Lipinski definition) is 10. The first-order valence-corrected chi connectivity index (χ1v) is 9.08. The third kappa shape index (κ3) is 3.32. The topological polar surface area (TPSA) is 221 Å². The number of carbonyl (C=O) groups excluding carboxylic acids is 1. The van der Waals surface area contributed by atoms with E-state index in [9.17, 15) is 24.3 Å². The minimum absolute atomic E-state index is 0.0209. The van der Waals surface area contributed by atoms with Gasteiger partial charge < -0.3 is 32.9 Å². The number of nitrogens with one attached hydrogen (secondary N) is 2. The second-order valence-electron chi connectivity index (χ2n) is 6.80. The summed E-state index contributed by atoms with van der Waals surface area (Å²) in [6.07, 6.45) is 0. The molecule has 1 amide bonds. The zero-order chi connectivity index (χ0) is 23.2. The largest absolute Gasteiger partial charge is 0.477 e. The Morgan fingerprint density at radius 3 is 2.50 bits per heavy atom. The summed E-state index contributed by atoms with van der Waals surface area (Å²) >= 11 is 0. The molecule has 0 aliphatic carbocycles. The third-order valence-corrected chi connectivity index (χ3v) is 4.69. The van der Waals surface area contributed by atoms with Crippen molar-refractivity contribution in [1.29, 1.82) is 0 Å². The van der Waals surface area contributed by atoms with Crippen molar-refractivity contribution in [2.45, 2.75) is 6.54 Å². The molecule has 32 heavy (non-hydrogen) atoms. The maximum Gasteiger partial charge on any atom is 0.353 e. The number of nitrogens with two attached hydrogens (primary N) is 3. The zero-order valence-electron chi connectivity index (χ0n) is 16.2. The molecular weight excluding hydrogens is 420 g/mol. The van der Waals surface area contributed by atoms with E-state index in [-0.39, 0.29) is 46.7 Å². The van der Waals surface area contributed by atoms with Crippen molar-refractivity contribution in [2.24, 2.45) is 0 Å². The quantitative estimate of drug-likeness (QED) is 0.210. The molecule has 0 atom stereocenters. The lowest BCUT2D eigenvalue weighted by molar-refractivity contribution is 0.0688. The van der Waals surface area contributed by atoms with Crippen LogP contribution < -0.4 is 38.7 Å². The Kier molecular flexibility index (Phi) is 4.70. The second kappa shape index (κ2) is 7.39. The molecule has 4 aromatic rings. The van der Waals surface area contributed by atoms with E-state index in [1.807, 2.05) is 0 Å². The van der Waals surface area contributed by atoms with E-state index in [1.165, 1.54) is 0 Å². The van der Waals surface area contributed by atoms with Crippen LogP contribution in [-0.4, -0.2) is 31.4 Å². The highest BCUT2D eigenvalue weighted by Gasteiger charge is 2.21. The van der Waals surface area contributed by atoms with Crippen molar-refractivity contribution in [3.8, 4) is 0 Å². The first-order valence-electron chi connectivity index (χ1n) is 9.08. The Bertz CT molecular complexity index is 1480. The van der Waals surface area contributed by atoms with Gasteiger partial charge in [0.15, 0.2) is 11.5 Å². The number of nitrogen functional groups attached to an aromatic ring is 3.